The Balaban J connectivity index is 1.13. The number of aromatic nitrogens is 3. The predicted molar refractivity (Wildman–Crippen MR) is 174 cm³/mol. The van der Waals surface area contributed by atoms with E-state index < -0.39 is 0 Å². The van der Waals surface area contributed by atoms with Crippen LogP contribution in [0.5, 0.6) is 5.75 Å². The van der Waals surface area contributed by atoms with E-state index in [0.29, 0.717) is 45.9 Å². The summed E-state index contributed by atoms with van der Waals surface area (Å²) in [5.41, 5.74) is 2.70. The van der Waals surface area contributed by atoms with Gasteiger partial charge in [0.05, 0.1) is 22.3 Å². The van der Waals surface area contributed by atoms with E-state index in [4.69, 9.17) is 21.3 Å². The Bertz CT molecular complexity index is 1730. The fraction of sp³-hybridized carbons (Fsp3) is 0.545. The van der Waals surface area contributed by atoms with Crippen molar-refractivity contribution in [1.82, 2.24) is 24.3 Å². The molecule has 0 spiro atoms. The maximum Gasteiger partial charge on any atom is 0.263 e. The Kier molecular flexibility index (Phi) is 7.93. The highest BCUT2D eigenvalue weighted by Crippen LogP contribution is 2.44. The average molecular weight is 634 g/mol. The van der Waals surface area contributed by atoms with E-state index in [1.807, 2.05) is 17.0 Å². The fourth-order valence-corrected chi connectivity index (χ4v) is 8.17. The van der Waals surface area contributed by atoms with Crippen LogP contribution in [0.3, 0.4) is 0 Å². The fourth-order valence-electron chi connectivity index (χ4n) is 7.85. The van der Waals surface area contributed by atoms with E-state index in [-0.39, 0.29) is 34.9 Å². The predicted octanol–water partition coefficient (Wildman–Crippen LogP) is 4.71. The number of hydrogen-bond acceptors (Lipinski definition) is 9. The van der Waals surface area contributed by atoms with Gasteiger partial charge in [-0.05, 0) is 51.2 Å². The van der Waals surface area contributed by atoms with Gasteiger partial charge in [0.2, 0.25) is 11.9 Å². The molecule has 1 atom stereocenters. The third kappa shape index (κ3) is 5.43. The van der Waals surface area contributed by atoms with Crippen molar-refractivity contribution in [2.24, 2.45) is 0 Å². The van der Waals surface area contributed by atoms with Crippen LogP contribution in [-0.2, 0) is 4.79 Å². The highest BCUT2D eigenvalue weighted by atomic mass is 35.5. The van der Waals surface area contributed by atoms with Crippen LogP contribution >= 0.6 is 11.6 Å². The number of hydrogen-bond donors (Lipinski definition) is 1. The van der Waals surface area contributed by atoms with Crippen molar-refractivity contribution in [1.29, 1.82) is 0 Å². The van der Waals surface area contributed by atoms with Gasteiger partial charge in [0, 0.05) is 75.1 Å². The summed E-state index contributed by atoms with van der Waals surface area (Å²) < 4.78 is 8.01. The lowest BCUT2D eigenvalue weighted by Gasteiger charge is -2.49. The second kappa shape index (κ2) is 11.9. The number of rotatable bonds is 5. The topological polar surface area (TPSA) is 113 Å². The Labute approximate surface area is 267 Å². The quantitative estimate of drug-likeness (QED) is 0.399. The molecule has 1 aromatic carbocycles. The Morgan fingerprint density at radius 3 is 2.47 bits per heavy atom. The Morgan fingerprint density at radius 2 is 1.76 bits per heavy atom. The SMILES string of the molecule is CC(=O)c1c(C)c2cnc(Nc3cc(Cl)c4c(c3)OC[C@@H]3CN(C5CCN(C(C)=O)CC5)CCN43)nc2n(C2CCCC2)c1=O. The van der Waals surface area contributed by atoms with Crippen LogP contribution < -0.4 is 20.5 Å². The summed E-state index contributed by atoms with van der Waals surface area (Å²) in [5, 5.41) is 4.59. The van der Waals surface area contributed by atoms with Gasteiger partial charge in [0.25, 0.3) is 5.56 Å². The number of anilines is 3. The van der Waals surface area contributed by atoms with Crippen LogP contribution in [0, 0.1) is 6.92 Å². The van der Waals surface area contributed by atoms with E-state index in [1.165, 1.54) is 6.92 Å². The first-order valence-corrected chi connectivity index (χ1v) is 16.5. The number of amides is 1. The zero-order valence-corrected chi connectivity index (χ0v) is 26.9. The van der Waals surface area contributed by atoms with E-state index >= 15 is 0 Å². The second-order valence-corrected chi connectivity index (χ2v) is 13.3. The molecule has 11 nitrogen and oxygen atoms in total. The summed E-state index contributed by atoms with van der Waals surface area (Å²) in [6, 6.07) is 4.50. The van der Waals surface area contributed by atoms with Crippen molar-refractivity contribution in [2.45, 2.75) is 77.4 Å². The van der Waals surface area contributed by atoms with Crippen molar-refractivity contribution in [3.8, 4) is 5.75 Å². The number of likely N-dealkylation sites (tertiary alicyclic amines) is 1. The summed E-state index contributed by atoms with van der Waals surface area (Å²) in [6.07, 6.45) is 7.56. The minimum atomic E-state index is -0.273. The average Bonchev–Trinajstić information content (AvgIpc) is 3.55. The number of ketones is 1. The van der Waals surface area contributed by atoms with Gasteiger partial charge in [-0.2, -0.15) is 4.98 Å². The van der Waals surface area contributed by atoms with Crippen LogP contribution in [0.15, 0.2) is 23.1 Å². The van der Waals surface area contributed by atoms with Crippen LogP contribution in [0.2, 0.25) is 5.02 Å². The monoisotopic (exact) mass is 633 g/mol. The summed E-state index contributed by atoms with van der Waals surface area (Å²) >= 11 is 6.93. The number of nitrogens with zero attached hydrogens (tertiary/aromatic N) is 6. The Hall–Kier alpha value is -3.70. The highest BCUT2D eigenvalue weighted by molar-refractivity contribution is 6.34. The van der Waals surface area contributed by atoms with Gasteiger partial charge in [-0.3, -0.25) is 23.9 Å². The smallest absolute Gasteiger partial charge is 0.263 e. The lowest BCUT2D eigenvalue weighted by Crippen LogP contribution is -2.60. The number of fused-ring (bicyclic) bond motifs is 4. The van der Waals surface area contributed by atoms with Crippen molar-refractivity contribution >= 4 is 51.6 Å². The number of carbonyl (C=O) groups is 2. The molecule has 3 aliphatic heterocycles. The number of aryl methyl sites for hydroxylation is 1. The normalized spacial score (nSPS) is 21.0. The van der Waals surface area contributed by atoms with Crippen LogP contribution in [0.1, 0.15) is 74.3 Å². The van der Waals surface area contributed by atoms with Crippen LogP contribution in [-0.4, -0.2) is 87.4 Å². The molecule has 3 aromatic rings. The summed E-state index contributed by atoms with van der Waals surface area (Å²) in [6.45, 7) is 9.79. The van der Waals surface area contributed by atoms with Gasteiger partial charge in [-0.25, -0.2) is 4.98 Å². The van der Waals surface area contributed by atoms with E-state index in [1.54, 1.807) is 24.6 Å². The molecule has 238 valence electrons. The molecule has 2 saturated heterocycles. The maximum atomic E-state index is 13.6. The lowest BCUT2D eigenvalue weighted by atomic mass is 9.99. The number of benzene rings is 1. The minimum absolute atomic E-state index is 0.00908. The second-order valence-electron chi connectivity index (χ2n) is 12.9. The van der Waals surface area contributed by atoms with Gasteiger partial charge in [0.1, 0.15) is 18.0 Å². The molecule has 1 N–H and O–H groups in total. The van der Waals surface area contributed by atoms with Crippen molar-refractivity contribution in [3.63, 3.8) is 0 Å². The molecule has 12 heteroatoms. The van der Waals surface area contributed by atoms with Crippen molar-refractivity contribution in [2.75, 3.05) is 49.5 Å². The number of halogens is 1. The molecule has 7 rings (SSSR count). The van der Waals surface area contributed by atoms with Crippen LogP contribution in [0.25, 0.3) is 11.0 Å². The van der Waals surface area contributed by atoms with Gasteiger partial charge < -0.3 is 19.9 Å². The van der Waals surface area contributed by atoms with Gasteiger partial charge in [-0.1, -0.05) is 24.4 Å². The number of piperazine rings is 1. The molecule has 0 bridgehead atoms. The number of carbonyl (C=O) groups excluding carboxylic acids is 2. The molecular formula is C33H40ClN7O4. The maximum absolute atomic E-state index is 13.6. The molecule has 0 radical (unpaired) electrons. The first-order chi connectivity index (χ1) is 21.7. The van der Waals surface area contributed by atoms with Crippen LogP contribution in [0.4, 0.5) is 17.3 Å². The number of Topliss-reactive ketones (excluding diaryl/α,β-unsaturated/α-hetero) is 1. The summed E-state index contributed by atoms with van der Waals surface area (Å²) in [7, 11) is 0. The molecule has 2 aromatic heterocycles. The first kappa shape index (κ1) is 30.0. The zero-order valence-electron chi connectivity index (χ0n) is 26.1. The molecule has 1 aliphatic carbocycles. The molecule has 1 saturated carbocycles. The molecule has 4 aliphatic rings. The molecule has 45 heavy (non-hydrogen) atoms. The van der Waals surface area contributed by atoms with Crippen molar-refractivity contribution in [3.05, 3.63) is 44.8 Å². The molecular weight excluding hydrogens is 594 g/mol. The van der Waals surface area contributed by atoms with E-state index in [2.05, 4.69) is 20.1 Å². The number of piperidine rings is 1. The standard InChI is InChI=1S/C33H40ClN7O4/c1-19-26-16-35-33(37-31(26)41(24-6-4-5-7-24)32(44)29(19)20(2)42)36-22-14-27(34)30-28(15-22)45-18-25-17-39(12-13-40(25)30)23-8-10-38(11-9-23)21(3)43/h14-16,23-25H,4-13,17-18H2,1-3H3,(H,35,36,37)/t25-/m0/s1. The summed E-state index contributed by atoms with van der Waals surface area (Å²) in [5.74, 6) is 0.984. The zero-order chi connectivity index (χ0) is 31.4. The van der Waals surface area contributed by atoms with E-state index in [9.17, 15) is 14.4 Å². The third-order valence-corrected chi connectivity index (χ3v) is 10.5. The van der Waals surface area contributed by atoms with Gasteiger partial charge in [-0.15, -0.1) is 0 Å². The third-order valence-electron chi connectivity index (χ3n) is 10.2. The molecule has 1 amide bonds. The highest BCUT2D eigenvalue weighted by Gasteiger charge is 2.37. The number of ether oxygens (including phenoxy) is 1. The number of nitrogens with one attached hydrogen (secondary N) is 1. The minimum Gasteiger partial charge on any atom is -0.489 e. The van der Waals surface area contributed by atoms with E-state index in [0.717, 1.165) is 82.7 Å². The Morgan fingerprint density at radius 1 is 1.00 bits per heavy atom. The molecule has 3 fully saturated rings. The van der Waals surface area contributed by atoms with Crippen molar-refractivity contribution < 1.29 is 14.3 Å². The summed E-state index contributed by atoms with van der Waals surface area (Å²) in [4.78, 5) is 54.0. The molecule has 5 heterocycles. The molecule has 0 unspecified atom stereocenters. The lowest BCUT2D eigenvalue weighted by molar-refractivity contribution is -0.130. The number of pyridine rings is 1. The van der Waals surface area contributed by atoms with Gasteiger partial charge >= 0.3 is 0 Å². The van der Waals surface area contributed by atoms with Gasteiger partial charge in [0.15, 0.2) is 5.78 Å². The first-order valence-electron chi connectivity index (χ1n) is 16.1. The largest absolute Gasteiger partial charge is 0.489 e.